The van der Waals surface area contributed by atoms with Gasteiger partial charge in [0.15, 0.2) is 0 Å². The fourth-order valence-corrected chi connectivity index (χ4v) is 1.25. The van der Waals surface area contributed by atoms with Crippen molar-refractivity contribution in [1.29, 1.82) is 0 Å². The molecule has 1 aromatic rings. The average molecular weight is 274 g/mol. The van der Waals surface area contributed by atoms with Gasteiger partial charge in [-0.3, -0.25) is 0 Å². The Morgan fingerprint density at radius 2 is 1.82 bits per heavy atom. The van der Waals surface area contributed by atoms with Crippen molar-refractivity contribution in [2.45, 2.75) is 25.5 Å². The van der Waals surface area contributed by atoms with E-state index >= 15 is 0 Å². The summed E-state index contributed by atoms with van der Waals surface area (Å²) in [5, 5.41) is 0. The molecule has 2 N–H and O–H groups in total. The zero-order chi connectivity index (χ0) is 12.1. The van der Waals surface area contributed by atoms with E-state index in [1.165, 1.54) is 24.3 Å². The molecule has 0 aliphatic carbocycles. The Morgan fingerprint density at radius 1 is 1.18 bits per heavy atom. The van der Waals surface area contributed by atoms with Crippen LogP contribution in [0.15, 0.2) is 24.3 Å². The van der Waals surface area contributed by atoms with E-state index in [0.29, 0.717) is 5.56 Å². The maximum absolute atomic E-state index is 12.1. The molecule has 0 amide bonds. The molecule has 0 aromatic heterocycles. The van der Waals surface area contributed by atoms with E-state index in [9.17, 15) is 17.6 Å². The molecule has 0 bridgehead atoms. The maximum atomic E-state index is 12.1. The van der Waals surface area contributed by atoms with Crippen molar-refractivity contribution in [3.63, 3.8) is 0 Å². The van der Waals surface area contributed by atoms with Crippen LogP contribution >= 0.6 is 12.4 Å². The van der Waals surface area contributed by atoms with Gasteiger partial charge in [-0.05, 0) is 17.7 Å². The van der Waals surface area contributed by atoms with Crippen molar-refractivity contribution in [2.24, 2.45) is 5.73 Å². The third kappa shape index (κ3) is 5.74. The molecule has 17 heavy (non-hydrogen) atoms. The van der Waals surface area contributed by atoms with E-state index in [4.69, 9.17) is 5.73 Å². The predicted molar refractivity (Wildman–Crippen MR) is 57.9 cm³/mol. The van der Waals surface area contributed by atoms with Gasteiger partial charge < -0.3 is 10.5 Å². The summed E-state index contributed by atoms with van der Waals surface area (Å²) in [6.45, 7) is -2.94. The predicted octanol–water partition coefficient (Wildman–Crippen LogP) is 3.36. The van der Waals surface area contributed by atoms with Crippen LogP contribution in [0.4, 0.5) is 17.6 Å². The van der Waals surface area contributed by atoms with Crippen molar-refractivity contribution in [3.8, 4) is 5.75 Å². The summed E-state index contributed by atoms with van der Waals surface area (Å²) in [6.07, 6.45) is -3.05. The molecule has 0 radical (unpaired) electrons. The van der Waals surface area contributed by atoms with Crippen molar-refractivity contribution < 1.29 is 22.3 Å². The molecule has 98 valence electrons. The quantitative estimate of drug-likeness (QED) is 0.835. The first kappa shape index (κ1) is 16.0. The summed E-state index contributed by atoms with van der Waals surface area (Å²) in [5.74, 6) is -0.0859. The van der Waals surface area contributed by atoms with Crippen LogP contribution in [0, 0.1) is 0 Å². The monoisotopic (exact) mass is 273 g/mol. The molecule has 1 unspecified atom stereocenters. The lowest BCUT2D eigenvalue weighted by atomic mass is 10.0. The third-order valence-corrected chi connectivity index (χ3v) is 1.94. The van der Waals surface area contributed by atoms with Gasteiger partial charge in [-0.25, -0.2) is 8.78 Å². The molecular weight excluding hydrogens is 262 g/mol. The van der Waals surface area contributed by atoms with Gasteiger partial charge in [0, 0.05) is 12.5 Å². The molecule has 1 atom stereocenters. The van der Waals surface area contributed by atoms with Gasteiger partial charge in [-0.2, -0.15) is 8.78 Å². The second-order valence-corrected chi connectivity index (χ2v) is 3.18. The minimum Gasteiger partial charge on any atom is -0.435 e. The van der Waals surface area contributed by atoms with Crippen LogP contribution in [0.2, 0.25) is 0 Å². The smallest absolute Gasteiger partial charge is 0.387 e. The number of hydrogen-bond acceptors (Lipinski definition) is 2. The maximum Gasteiger partial charge on any atom is 0.387 e. The van der Waals surface area contributed by atoms with E-state index in [2.05, 4.69) is 4.74 Å². The van der Waals surface area contributed by atoms with E-state index in [1.807, 2.05) is 0 Å². The summed E-state index contributed by atoms with van der Waals surface area (Å²) in [6, 6.07) is 4.58. The van der Waals surface area contributed by atoms with E-state index in [1.54, 1.807) is 0 Å². The first-order valence-corrected chi connectivity index (χ1v) is 4.57. The van der Waals surface area contributed by atoms with Crippen molar-refractivity contribution in [1.82, 2.24) is 0 Å². The highest BCUT2D eigenvalue weighted by Gasteiger charge is 2.14. The Balaban J connectivity index is 0.00000256. The molecule has 0 saturated heterocycles. The SMILES string of the molecule is Cl.NC(CC(F)F)c1cccc(OC(F)F)c1. The van der Waals surface area contributed by atoms with Crippen LogP contribution < -0.4 is 10.5 Å². The lowest BCUT2D eigenvalue weighted by Gasteiger charge is -2.12. The highest BCUT2D eigenvalue weighted by atomic mass is 35.5. The van der Waals surface area contributed by atoms with Crippen molar-refractivity contribution in [2.75, 3.05) is 0 Å². The summed E-state index contributed by atoms with van der Waals surface area (Å²) in [5.41, 5.74) is 5.82. The van der Waals surface area contributed by atoms with Gasteiger partial charge in [0.1, 0.15) is 5.75 Å². The van der Waals surface area contributed by atoms with Crippen LogP contribution in [-0.4, -0.2) is 13.0 Å². The van der Waals surface area contributed by atoms with Crippen LogP contribution in [-0.2, 0) is 0 Å². The molecule has 0 aliphatic rings. The molecule has 1 rings (SSSR count). The summed E-state index contributed by atoms with van der Waals surface area (Å²) in [4.78, 5) is 0. The first-order valence-electron chi connectivity index (χ1n) is 4.57. The number of nitrogens with two attached hydrogens (primary N) is 1. The Kier molecular flexibility index (Phi) is 6.91. The number of alkyl halides is 4. The molecule has 1 aromatic carbocycles. The third-order valence-electron chi connectivity index (χ3n) is 1.94. The van der Waals surface area contributed by atoms with Gasteiger partial charge in [0.2, 0.25) is 6.43 Å². The fraction of sp³-hybridized carbons (Fsp3) is 0.400. The molecule has 0 heterocycles. The van der Waals surface area contributed by atoms with E-state index in [-0.39, 0.29) is 18.2 Å². The largest absolute Gasteiger partial charge is 0.435 e. The van der Waals surface area contributed by atoms with Gasteiger partial charge in [0.05, 0.1) is 0 Å². The highest BCUT2D eigenvalue weighted by Crippen LogP contribution is 2.23. The van der Waals surface area contributed by atoms with E-state index < -0.39 is 25.5 Å². The molecule has 0 aliphatic heterocycles. The summed E-state index contributed by atoms with van der Waals surface area (Å²) in [7, 11) is 0. The standard InChI is InChI=1S/C10H11F4NO.ClH/c11-9(12)5-8(15)6-2-1-3-7(4-6)16-10(13)14;/h1-4,8-10H,5,15H2;1H. The molecule has 7 heteroatoms. The molecule has 0 saturated carbocycles. The number of halogens is 5. The Morgan fingerprint density at radius 3 is 2.35 bits per heavy atom. The fourth-order valence-electron chi connectivity index (χ4n) is 1.25. The van der Waals surface area contributed by atoms with E-state index in [0.717, 1.165) is 0 Å². The molecule has 0 spiro atoms. The van der Waals surface area contributed by atoms with Crippen LogP contribution in [0.1, 0.15) is 18.0 Å². The second-order valence-electron chi connectivity index (χ2n) is 3.18. The Labute approximate surface area is 102 Å². The Hall–Kier alpha value is -1.01. The topological polar surface area (TPSA) is 35.2 Å². The zero-order valence-corrected chi connectivity index (χ0v) is 9.47. The number of rotatable bonds is 5. The molecular formula is C10H12ClF4NO. The number of ether oxygens (including phenoxy) is 1. The highest BCUT2D eigenvalue weighted by molar-refractivity contribution is 5.85. The van der Waals surface area contributed by atoms with Gasteiger partial charge in [0.25, 0.3) is 0 Å². The number of benzene rings is 1. The number of hydrogen-bond donors (Lipinski definition) is 1. The van der Waals surface area contributed by atoms with Gasteiger partial charge in [-0.1, -0.05) is 12.1 Å². The molecule has 0 fully saturated rings. The average Bonchev–Trinajstić information content (AvgIpc) is 2.16. The minimum atomic E-state index is -2.94. The first-order chi connectivity index (χ1) is 7.49. The lowest BCUT2D eigenvalue weighted by molar-refractivity contribution is -0.0499. The second kappa shape index (κ2) is 7.34. The Bertz CT molecular complexity index is 338. The minimum absolute atomic E-state index is 0. The van der Waals surface area contributed by atoms with Crippen molar-refractivity contribution >= 4 is 12.4 Å². The molecule has 2 nitrogen and oxygen atoms in total. The van der Waals surface area contributed by atoms with Crippen LogP contribution in [0.5, 0.6) is 5.75 Å². The summed E-state index contributed by atoms with van der Waals surface area (Å²) < 4.78 is 52.0. The van der Waals surface area contributed by atoms with Gasteiger partial charge >= 0.3 is 6.61 Å². The lowest BCUT2D eigenvalue weighted by Crippen LogP contribution is -2.14. The van der Waals surface area contributed by atoms with Crippen LogP contribution in [0.3, 0.4) is 0 Å². The van der Waals surface area contributed by atoms with Crippen molar-refractivity contribution in [3.05, 3.63) is 29.8 Å². The zero-order valence-electron chi connectivity index (χ0n) is 8.65. The van der Waals surface area contributed by atoms with Gasteiger partial charge in [-0.15, -0.1) is 12.4 Å². The normalized spacial score (nSPS) is 12.4. The van der Waals surface area contributed by atoms with Crippen LogP contribution in [0.25, 0.3) is 0 Å². The summed E-state index contributed by atoms with van der Waals surface area (Å²) >= 11 is 0.